The number of hydrogen-bond acceptors (Lipinski definition) is 3. The molecule has 0 atom stereocenters. The van der Waals surface area contributed by atoms with Crippen molar-refractivity contribution >= 4 is 5.91 Å². The molecule has 0 N–H and O–H groups in total. The molecule has 1 amide bonds. The van der Waals surface area contributed by atoms with E-state index < -0.39 is 0 Å². The molecule has 0 aliphatic carbocycles. The summed E-state index contributed by atoms with van der Waals surface area (Å²) in [6.45, 7) is 4.53. The summed E-state index contributed by atoms with van der Waals surface area (Å²) in [7, 11) is 0. The Morgan fingerprint density at radius 3 is 2.13 bits per heavy atom. The molecule has 0 radical (unpaired) electrons. The maximum Gasteiger partial charge on any atom is 0.253 e. The van der Waals surface area contributed by atoms with Crippen LogP contribution in [0.5, 0.6) is 5.75 Å². The average molecular weight is 404 g/mol. The molecule has 30 heavy (non-hydrogen) atoms. The lowest BCUT2D eigenvalue weighted by Crippen LogP contribution is -2.48. The van der Waals surface area contributed by atoms with Crippen LogP contribution in [-0.4, -0.2) is 41.9 Å². The summed E-state index contributed by atoms with van der Waals surface area (Å²) in [5.74, 6) is 0.399. The van der Waals surface area contributed by atoms with Crippen LogP contribution in [0.2, 0.25) is 0 Å². The van der Waals surface area contributed by atoms with Crippen LogP contribution in [0.3, 0.4) is 0 Å². The molecule has 0 bridgehead atoms. The van der Waals surface area contributed by atoms with Crippen LogP contribution in [0.15, 0.2) is 78.9 Å². The normalized spacial score (nSPS) is 14.5. The Morgan fingerprint density at radius 1 is 0.800 bits per heavy atom. The van der Waals surface area contributed by atoms with Crippen molar-refractivity contribution in [2.45, 2.75) is 13.2 Å². The quantitative estimate of drug-likeness (QED) is 0.612. The summed E-state index contributed by atoms with van der Waals surface area (Å²) >= 11 is 0. The SMILES string of the molecule is O=C(c1ccc(COc2ccc(F)cc2)cc1)N1CCN(Cc2ccccc2)CC1. The van der Waals surface area contributed by atoms with Crippen LogP contribution in [0.1, 0.15) is 21.5 Å². The van der Waals surface area contributed by atoms with Gasteiger partial charge in [0.25, 0.3) is 5.91 Å². The van der Waals surface area contributed by atoms with Crippen LogP contribution < -0.4 is 4.74 Å². The van der Waals surface area contributed by atoms with Crippen molar-refractivity contribution in [1.82, 2.24) is 9.80 Å². The van der Waals surface area contributed by atoms with E-state index in [4.69, 9.17) is 4.74 Å². The highest BCUT2D eigenvalue weighted by atomic mass is 19.1. The van der Waals surface area contributed by atoms with Crippen LogP contribution in [0.25, 0.3) is 0 Å². The minimum absolute atomic E-state index is 0.0698. The number of amides is 1. The van der Waals surface area contributed by atoms with Gasteiger partial charge >= 0.3 is 0 Å². The van der Waals surface area contributed by atoms with Gasteiger partial charge in [0.15, 0.2) is 0 Å². The van der Waals surface area contributed by atoms with Gasteiger partial charge in [-0.15, -0.1) is 0 Å². The van der Waals surface area contributed by atoms with Crippen LogP contribution in [0, 0.1) is 5.82 Å². The summed E-state index contributed by atoms with van der Waals surface area (Å²) in [6.07, 6.45) is 0. The Labute approximate surface area is 176 Å². The zero-order valence-electron chi connectivity index (χ0n) is 16.8. The minimum Gasteiger partial charge on any atom is -0.489 e. The molecule has 3 aromatic rings. The second-order valence-corrected chi connectivity index (χ2v) is 7.49. The molecule has 154 valence electrons. The van der Waals surface area contributed by atoms with Gasteiger partial charge in [-0.2, -0.15) is 0 Å². The third-order valence-electron chi connectivity index (χ3n) is 5.33. The van der Waals surface area contributed by atoms with Gasteiger partial charge in [0.05, 0.1) is 0 Å². The molecule has 1 heterocycles. The number of halogens is 1. The highest BCUT2D eigenvalue weighted by Crippen LogP contribution is 2.16. The van der Waals surface area contributed by atoms with Crippen molar-refractivity contribution < 1.29 is 13.9 Å². The van der Waals surface area contributed by atoms with E-state index in [-0.39, 0.29) is 11.7 Å². The molecule has 3 aromatic carbocycles. The van der Waals surface area contributed by atoms with Crippen molar-refractivity contribution in [1.29, 1.82) is 0 Å². The van der Waals surface area contributed by atoms with Crippen LogP contribution in [-0.2, 0) is 13.2 Å². The Kier molecular flexibility index (Phi) is 6.40. The van der Waals surface area contributed by atoms with Crippen molar-refractivity contribution in [3.63, 3.8) is 0 Å². The van der Waals surface area contributed by atoms with Gasteiger partial charge in [0, 0.05) is 38.3 Å². The molecule has 0 unspecified atom stereocenters. The van der Waals surface area contributed by atoms with Gasteiger partial charge in [0.1, 0.15) is 18.2 Å². The van der Waals surface area contributed by atoms with E-state index in [2.05, 4.69) is 29.2 Å². The van der Waals surface area contributed by atoms with Crippen molar-refractivity contribution in [3.05, 3.63) is 101 Å². The molecule has 4 nitrogen and oxygen atoms in total. The first kappa shape index (κ1) is 20.1. The predicted octanol–water partition coefficient (Wildman–Crippen LogP) is 4.36. The first-order chi connectivity index (χ1) is 14.7. The average Bonchev–Trinajstić information content (AvgIpc) is 2.80. The lowest BCUT2D eigenvalue weighted by Gasteiger charge is -2.34. The fourth-order valence-electron chi connectivity index (χ4n) is 3.57. The molecule has 1 aliphatic rings. The summed E-state index contributed by atoms with van der Waals surface area (Å²) in [6, 6.07) is 23.9. The van der Waals surface area contributed by atoms with Gasteiger partial charge in [-0.25, -0.2) is 4.39 Å². The molecule has 0 spiro atoms. The maximum absolute atomic E-state index is 12.9. The van der Waals surface area contributed by atoms with Crippen molar-refractivity contribution in [2.75, 3.05) is 26.2 Å². The molecule has 1 saturated heterocycles. The highest BCUT2D eigenvalue weighted by Gasteiger charge is 2.22. The molecule has 4 rings (SSSR count). The Morgan fingerprint density at radius 2 is 1.47 bits per heavy atom. The van der Waals surface area contributed by atoms with E-state index in [1.165, 1.54) is 17.7 Å². The first-order valence-corrected chi connectivity index (χ1v) is 10.2. The third-order valence-corrected chi connectivity index (χ3v) is 5.33. The standard InChI is InChI=1S/C25H25FN2O2/c26-23-10-12-24(13-11-23)30-19-21-6-8-22(9-7-21)25(29)28-16-14-27(15-17-28)18-20-4-2-1-3-5-20/h1-13H,14-19H2. The maximum atomic E-state index is 12.9. The fraction of sp³-hybridized carbons (Fsp3) is 0.240. The number of carbonyl (C=O) groups is 1. The summed E-state index contributed by atoms with van der Waals surface area (Å²) in [5.41, 5.74) is 2.95. The molecule has 5 heteroatoms. The summed E-state index contributed by atoms with van der Waals surface area (Å²) in [5, 5.41) is 0. The van der Waals surface area contributed by atoms with Crippen LogP contribution >= 0.6 is 0 Å². The smallest absolute Gasteiger partial charge is 0.253 e. The van der Waals surface area contributed by atoms with Gasteiger partial charge in [0.2, 0.25) is 0 Å². The Hall–Kier alpha value is -3.18. The lowest BCUT2D eigenvalue weighted by molar-refractivity contribution is 0.0628. The van der Waals surface area contributed by atoms with E-state index in [1.54, 1.807) is 12.1 Å². The van der Waals surface area contributed by atoms with Gasteiger partial charge in [-0.1, -0.05) is 42.5 Å². The Balaban J connectivity index is 1.27. The van der Waals surface area contributed by atoms with E-state index in [0.717, 1.165) is 38.3 Å². The predicted molar refractivity (Wildman–Crippen MR) is 115 cm³/mol. The number of rotatable bonds is 6. The van der Waals surface area contributed by atoms with E-state index in [1.807, 2.05) is 35.2 Å². The van der Waals surface area contributed by atoms with Crippen molar-refractivity contribution in [3.8, 4) is 5.75 Å². The first-order valence-electron chi connectivity index (χ1n) is 10.2. The minimum atomic E-state index is -0.286. The van der Waals surface area contributed by atoms with Gasteiger partial charge < -0.3 is 9.64 Å². The molecule has 0 aromatic heterocycles. The topological polar surface area (TPSA) is 32.8 Å². The zero-order valence-corrected chi connectivity index (χ0v) is 16.8. The largest absolute Gasteiger partial charge is 0.489 e. The molecule has 0 saturated carbocycles. The number of ether oxygens (including phenoxy) is 1. The summed E-state index contributed by atoms with van der Waals surface area (Å²) < 4.78 is 18.6. The highest BCUT2D eigenvalue weighted by molar-refractivity contribution is 5.94. The number of nitrogens with zero attached hydrogens (tertiary/aromatic N) is 2. The van der Waals surface area contributed by atoms with Gasteiger partial charge in [-0.3, -0.25) is 9.69 Å². The molecular formula is C25H25FN2O2. The van der Waals surface area contributed by atoms with Crippen LogP contribution in [0.4, 0.5) is 4.39 Å². The van der Waals surface area contributed by atoms with E-state index in [0.29, 0.717) is 17.9 Å². The summed E-state index contributed by atoms with van der Waals surface area (Å²) in [4.78, 5) is 17.1. The van der Waals surface area contributed by atoms with Crippen molar-refractivity contribution in [2.24, 2.45) is 0 Å². The number of benzene rings is 3. The monoisotopic (exact) mass is 404 g/mol. The molecule has 1 aliphatic heterocycles. The molecular weight excluding hydrogens is 379 g/mol. The second-order valence-electron chi connectivity index (χ2n) is 7.49. The molecule has 1 fully saturated rings. The fourth-order valence-corrected chi connectivity index (χ4v) is 3.57. The second kappa shape index (κ2) is 9.55. The van der Waals surface area contributed by atoms with E-state index >= 15 is 0 Å². The Bertz CT molecular complexity index is 951. The zero-order chi connectivity index (χ0) is 20.8. The third kappa shape index (κ3) is 5.24. The number of hydrogen-bond donors (Lipinski definition) is 0. The lowest BCUT2D eigenvalue weighted by atomic mass is 10.1. The van der Waals surface area contributed by atoms with Gasteiger partial charge in [-0.05, 0) is 47.5 Å². The number of piperazine rings is 1. The number of carbonyl (C=O) groups excluding carboxylic acids is 1. The van der Waals surface area contributed by atoms with E-state index in [9.17, 15) is 9.18 Å².